The average Bonchev–Trinajstić information content (AvgIpc) is 2.39. The number of hydrogen-bond acceptors (Lipinski definition) is 5. The first-order valence-corrected chi connectivity index (χ1v) is 6.61. The highest BCUT2D eigenvalue weighted by molar-refractivity contribution is 5.80. The van der Waals surface area contributed by atoms with Crippen molar-refractivity contribution in [1.82, 2.24) is 9.55 Å². The second-order valence-corrected chi connectivity index (χ2v) is 5.36. The molecule has 0 aliphatic heterocycles. The van der Waals surface area contributed by atoms with Crippen LogP contribution in [0.5, 0.6) is 0 Å². The molecule has 0 saturated heterocycles. The van der Waals surface area contributed by atoms with Crippen molar-refractivity contribution in [3.05, 3.63) is 22.7 Å². The summed E-state index contributed by atoms with van der Waals surface area (Å²) in [6.07, 6.45) is 3.66. The molecule has 7 nitrogen and oxygen atoms in total. The van der Waals surface area contributed by atoms with Gasteiger partial charge in [-0.2, -0.15) is 0 Å². The van der Waals surface area contributed by atoms with Crippen molar-refractivity contribution in [3.8, 4) is 0 Å². The van der Waals surface area contributed by atoms with Crippen LogP contribution < -0.4 is 16.2 Å². The normalized spacial score (nSPS) is 13.6. The fourth-order valence-corrected chi connectivity index (χ4v) is 1.90. The van der Waals surface area contributed by atoms with Crippen LogP contribution >= 0.6 is 0 Å². The van der Waals surface area contributed by atoms with E-state index in [1.165, 1.54) is 0 Å². The molecule has 0 aromatic carbocycles. The molecular formula is C13H23N5O2. The third-order valence-electron chi connectivity index (χ3n) is 3.09. The number of hydrogen-bond donors (Lipinski definition) is 2. The summed E-state index contributed by atoms with van der Waals surface area (Å²) in [5.41, 5.74) is 5.36. The Kier molecular flexibility index (Phi) is 5.54. The van der Waals surface area contributed by atoms with E-state index in [2.05, 4.69) is 24.0 Å². The van der Waals surface area contributed by atoms with Crippen molar-refractivity contribution in [1.29, 1.82) is 0 Å². The van der Waals surface area contributed by atoms with Crippen molar-refractivity contribution in [2.24, 2.45) is 16.8 Å². The zero-order valence-electron chi connectivity index (χ0n) is 12.4. The summed E-state index contributed by atoms with van der Waals surface area (Å²) in [4.78, 5) is 18.3. The van der Waals surface area contributed by atoms with E-state index in [0.29, 0.717) is 24.7 Å². The van der Waals surface area contributed by atoms with Crippen LogP contribution in [0.25, 0.3) is 0 Å². The molecule has 1 rings (SSSR count). The molecule has 112 valence electrons. The summed E-state index contributed by atoms with van der Waals surface area (Å²) >= 11 is 0. The van der Waals surface area contributed by atoms with Crippen LogP contribution in [-0.2, 0) is 6.54 Å². The highest BCUT2D eigenvalue weighted by atomic mass is 16.4. The van der Waals surface area contributed by atoms with E-state index in [0.717, 1.165) is 0 Å². The molecular weight excluding hydrogens is 258 g/mol. The maximum Gasteiger partial charge on any atom is 0.293 e. The number of nitrogens with two attached hydrogens (primary N) is 1. The molecule has 0 aliphatic carbocycles. The number of nitrogens with zero attached hydrogens (tertiary/aromatic N) is 4. The first kappa shape index (κ1) is 16.0. The summed E-state index contributed by atoms with van der Waals surface area (Å²) in [5.74, 6) is 0.872. The number of oxime groups is 1. The van der Waals surface area contributed by atoms with Gasteiger partial charge in [-0.15, -0.1) is 0 Å². The standard InChI is InChI=1S/C13H23N5O2/c1-9(2)8-18-6-5-15-12(13(18)19)17(4)10(3)7-11(14)16-20/h5-6,9-10,20H,7-8H2,1-4H3,(H2,14,16). The van der Waals surface area contributed by atoms with Crippen LogP contribution in [0.1, 0.15) is 27.2 Å². The number of anilines is 1. The van der Waals surface area contributed by atoms with Gasteiger partial charge in [0.2, 0.25) is 0 Å². The van der Waals surface area contributed by atoms with Gasteiger partial charge in [0.15, 0.2) is 5.82 Å². The van der Waals surface area contributed by atoms with Gasteiger partial charge in [0.25, 0.3) is 5.56 Å². The monoisotopic (exact) mass is 281 g/mol. The molecule has 1 unspecified atom stereocenters. The van der Waals surface area contributed by atoms with E-state index in [-0.39, 0.29) is 17.4 Å². The molecule has 0 radical (unpaired) electrons. The van der Waals surface area contributed by atoms with Gasteiger partial charge >= 0.3 is 0 Å². The Morgan fingerprint density at radius 1 is 1.55 bits per heavy atom. The van der Waals surface area contributed by atoms with Crippen LogP contribution in [0.2, 0.25) is 0 Å². The molecule has 1 atom stereocenters. The van der Waals surface area contributed by atoms with Crippen LogP contribution in [0, 0.1) is 5.92 Å². The minimum absolute atomic E-state index is 0.0963. The van der Waals surface area contributed by atoms with E-state index in [4.69, 9.17) is 10.9 Å². The van der Waals surface area contributed by atoms with E-state index in [1.54, 1.807) is 28.9 Å². The summed E-state index contributed by atoms with van der Waals surface area (Å²) < 4.78 is 1.65. The van der Waals surface area contributed by atoms with Gasteiger partial charge in [0.1, 0.15) is 5.84 Å². The minimum Gasteiger partial charge on any atom is -0.409 e. The molecule has 0 saturated carbocycles. The molecule has 1 aromatic heterocycles. The van der Waals surface area contributed by atoms with Gasteiger partial charge in [0, 0.05) is 38.4 Å². The Hall–Kier alpha value is -2.05. The largest absolute Gasteiger partial charge is 0.409 e. The van der Waals surface area contributed by atoms with E-state index >= 15 is 0 Å². The summed E-state index contributed by atoms with van der Waals surface area (Å²) in [6, 6.07) is -0.0963. The summed E-state index contributed by atoms with van der Waals surface area (Å²) in [7, 11) is 1.78. The number of rotatable bonds is 6. The second-order valence-electron chi connectivity index (χ2n) is 5.36. The summed E-state index contributed by atoms with van der Waals surface area (Å²) in [5, 5.41) is 11.5. The van der Waals surface area contributed by atoms with Crippen molar-refractivity contribution in [3.63, 3.8) is 0 Å². The predicted octanol–water partition coefficient (Wildman–Crippen LogP) is 0.860. The second kappa shape index (κ2) is 6.93. The molecule has 1 heterocycles. The quantitative estimate of drug-likeness (QED) is 0.349. The van der Waals surface area contributed by atoms with Crippen LogP contribution in [0.4, 0.5) is 5.82 Å². The lowest BCUT2D eigenvalue weighted by atomic mass is 10.2. The SMILES string of the molecule is CC(C)Cn1ccnc(N(C)C(C)CC(N)=NO)c1=O. The molecule has 0 bridgehead atoms. The van der Waals surface area contributed by atoms with Crippen molar-refractivity contribution >= 4 is 11.7 Å². The molecule has 0 aliphatic rings. The van der Waals surface area contributed by atoms with E-state index < -0.39 is 0 Å². The molecule has 3 N–H and O–H groups in total. The van der Waals surface area contributed by atoms with E-state index in [9.17, 15) is 4.79 Å². The third-order valence-corrected chi connectivity index (χ3v) is 3.09. The van der Waals surface area contributed by atoms with E-state index in [1.807, 2.05) is 6.92 Å². The first-order chi connectivity index (χ1) is 9.36. The Morgan fingerprint density at radius 2 is 2.20 bits per heavy atom. The van der Waals surface area contributed by atoms with Crippen molar-refractivity contribution < 1.29 is 5.21 Å². The molecule has 0 amide bonds. The third kappa shape index (κ3) is 3.97. The van der Waals surface area contributed by atoms with Crippen molar-refractivity contribution in [2.75, 3.05) is 11.9 Å². The van der Waals surface area contributed by atoms with Crippen LogP contribution in [-0.4, -0.2) is 33.7 Å². The van der Waals surface area contributed by atoms with Crippen LogP contribution in [0.15, 0.2) is 22.3 Å². The molecule has 7 heteroatoms. The summed E-state index contributed by atoms with van der Waals surface area (Å²) in [6.45, 7) is 6.64. The number of amidine groups is 1. The predicted molar refractivity (Wildman–Crippen MR) is 79.2 cm³/mol. The highest BCUT2D eigenvalue weighted by Crippen LogP contribution is 2.09. The van der Waals surface area contributed by atoms with Crippen molar-refractivity contribution in [2.45, 2.75) is 39.8 Å². The Balaban J connectivity index is 2.98. The molecule has 1 aromatic rings. The molecule has 0 spiro atoms. The van der Waals surface area contributed by atoms with Gasteiger partial charge < -0.3 is 20.4 Å². The number of aromatic nitrogens is 2. The fourth-order valence-electron chi connectivity index (χ4n) is 1.90. The smallest absolute Gasteiger partial charge is 0.293 e. The average molecular weight is 281 g/mol. The van der Waals surface area contributed by atoms with Gasteiger partial charge in [-0.05, 0) is 12.8 Å². The molecule has 0 fully saturated rings. The topological polar surface area (TPSA) is 96.7 Å². The fraction of sp³-hybridized carbons (Fsp3) is 0.615. The zero-order chi connectivity index (χ0) is 15.3. The van der Waals surface area contributed by atoms with Gasteiger partial charge in [-0.25, -0.2) is 4.98 Å². The molecule has 20 heavy (non-hydrogen) atoms. The maximum atomic E-state index is 12.4. The Labute approximate surface area is 118 Å². The van der Waals surface area contributed by atoms with Gasteiger partial charge in [0.05, 0.1) is 0 Å². The minimum atomic E-state index is -0.130. The Morgan fingerprint density at radius 3 is 2.75 bits per heavy atom. The zero-order valence-corrected chi connectivity index (χ0v) is 12.4. The van der Waals surface area contributed by atoms with Gasteiger partial charge in [-0.1, -0.05) is 19.0 Å². The van der Waals surface area contributed by atoms with Crippen LogP contribution in [0.3, 0.4) is 0 Å². The lowest BCUT2D eigenvalue weighted by molar-refractivity contribution is 0.316. The van der Waals surface area contributed by atoms with Gasteiger partial charge in [-0.3, -0.25) is 4.79 Å². The highest BCUT2D eigenvalue weighted by Gasteiger charge is 2.17. The lowest BCUT2D eigenvalue weighted by Crippen LogP contribution is -2.38. The lowest BCUT2D eigenvalue weighted by Gasteiger charge is -2.25. The Bertz CT molecular complexity index is 524. The maximum absolute atomic E-state index is 12.4. The first-order valence-electron chi connectivity index (χ1n) is 6.61.